The van der Waals surface area contributed by atoms with Crippen molar-refractivity contribution in [1.82, 2.24) is 5.32 Å². The topological polar surface area (TPSA) is 84.2 Å². The maximum absolute atomic E-state index is 11.7. The van der Waals surface area contributed by atoms with E-state index in [4.69, 9.17) is 5.73 Å². The monoisotopic (exact) mass is 249 g/mol. The lowest BCUT2D eigenvalue weighted by Crippen LogP contribution is -2.22. The molecular formula is C13H19N3O2. The first-order valence-corrected chi connectivity index (χ1v) is 6.00. The van der Waals surface area contributed by atoms with E-state index in [2.05, 4.69) is 10.6 Å². The molecule has 1 aromatic rings. The van der Waals surface area contributed by atoms with Gasteiger partial charge in [0.2, 0.25) is 11.8 Å². The Hall–Kier alpha value is -1.88. The zero-order valence-electron chi connectivity index (χ0n) is 10.5. The number of nitrogens with two attached hydrogens (primary N) is 1. The molecule has 0 aliphatic rings. The Kier molecular flexibility index (Phi) is 5.87. The average molecular weight is 249 g/mol. The van der Waals surface area contributed by atoms with Crippen LogP contribution in [0.25, 0.3) is 0 Å². The minimum Gasteiger partial charge on any atom is -0.369 e. The van der Waals surface area contributed by atoms with Crippen molar-refractivity contribution in [3.63, 3.8) is 0 Å². The molecule has 2 amide bonds. The number of para-hydroxylation sites is 1. The molecule has 0 aliphatic heterocycles. The maximum atomic E-state index is 11.7. The van der Waals surface area contributed by atoms with Gasteiger partial charge < -0.3 is 16.4 Å². The normalized spacial score (nSPS) is 10.1. The fraction of sp³-hybridized carbons (Fsp3) is 0.385. The van der Waals surface area contributed by atoms with Gasteiger partial charge in [0.25, 0.3) is 0 Å². The zero-order valence-corrected chi connectivity index (χ0v) is 10.5. The van der Waals surface area contributed by atoms with Gasteiger partial charge in [-0.2, -0.15) is 0 Å². The number of carbonyl (C=O) groups is 2. The Labute approximate surface area is 107 Å². The molecule has 5 nitrogen and oxygen atoms in total. The van der Waals surface area contributed by atoms with E-state index in [1.165, 1.54) is 0 Å². The number of primary amides is 1. The van der Waals surface area contributed by atoms with E-state index in [0.717, 1.165) is 12.1 Å². The van der Waals surface area contributed by atoms with Gasteiger partial charge in [0.15, 0.2) is 0 Å². The number of hydrogen-bond donors (Lipinski definition) is 3. The van der Waals surface area contributed by atoms with Crippen molar-refractivity contribution in [2.45, 2.75) is 19.8 Å². The van der Waals surface area contributed by atoms with Gasteiger partial charge in [0, 0.05) is 18.7 Å². The number of amides is 2. The summed E-state index contributed by atoms with van der Waals surface area (Å²) in [5.74, 6) is -0.489. The molecule has 5 heteroatoms. The molecule has 0 bridgehead atoms. The third-order valence-electron chi connectivity index (χ3n) is 2.43. The molecule has 18 heavy (non-hydrogen) atoms. The van der Waals surface area contributed by atoms with Crippen LogP contribution in [0.5, 0.6) is 0 Å². The molecule has 0 saturated heterocycles. The van der Waals surface area contributed by atoms with Gasteiger partial charge in [-0.25, -0.2) is 0 Å². The number of carbonyl (C=O) groups excluding carboxylic acids is 2. The summed E-state index contributed by atoms with van der Waals surface area (Å²) in [6, 6.07) is 7.17. The Balaban J connectivity index is 2.60. The van der Waals surface area contributed by atoms with Crippen LogP contribution in [0, 0.1) is 0 Å². The van der Waals surface area contributed by atoms with E-state index in [-0.39, 0.29) is 12.3 Å². The highest BCUT2D eigenvalue weighted by atomic mass is 16.2. The summed E-state index contributed by atoms with van der Waals surface area (Å²) < 4.78 is 0. The first-order valence-electron chi connectivity index (χ1n) is 6.00. The minimum absolute atomic E-state index is 0.0760. The molecule has 1 aromatic carbocycles. The lowest BCUT2D eigenvalue weighted by atomic mass is 10.1. The molecule has 0 aromatic heterocycles. The molecule has 0 heterocycles. The fourth-order valence-corrected chi connectivity index (χ4v) is 1.58. The Morgan fingerprint density at radius 3 is 2.67 bits per heavy atom. The van der Waals surface area contributed by atoms with Crippen molar-refractivity contribution in [3.8, 4) is 0 Å². The predicted molar refractivity (Wildman–Crippen MR) is 71.1 cm³/mol. The van der Waals surface area contributed by atoms with Crippen molar-refractivity contribution in [3.05, 3.63) is 29.8 Å². The maximum Gasteiger partial charge on any atom is 0.225 e. The Bertz CT molecular complexity index is 418. The molecule has 0 fully saturated rings. The van der Waals surface area contributed by atoms with Gasteiger partial charge in [0.1, 0.15) is 0 Å². The summed E-state index contributed by atoms with van der Waals surface area (Å²) in [5.41, 5.74) is 6.55. The largest absolute Gasteiger partial charge is 0.369 e. The summed E-state index contributed by atoms with van der Waals surface area (Å²) >= 11 is 0. The van der Waals surface area contributed by atoms with Crippen molar-refractivity contribution < 1.29 is 9.59 Å². The average Bonchev–Trinajstić information content (AvgIpc) is 2.31. The standard InChI is InChI=1S/C13H19N3O2/c1-2-15-8-7-13(18)16-11-6-4-3-5-10(11)9-12(14)17/h3-6,15H,2,7-9H2,1H3,(H2,14,17)(H,16,18). The van der Waals surface area contributed by atoms with E-state index >= 15 is 0 Å². The predicted octanol–water partition coefficient (Wildman–Crippen LogP) is 0.652. The summed E-state index contributed by atoms with van der Waals surface area (Å²) in [6.07, 6.45) is 0.530. The molecule has 0 unspecified atom stereocenters. The molecule has 0 atom stereocenters. The number of rotatable bonds is 7. The van der Waals surface area contributed by atoms with Crippen LogP contribution >= 0.6 is 0 Å². The molecule has 0 aliphatic carbocycles. The van der Waals surface area contributed by atoms with Gasteiger partial charge >= 0.3 is 0 Å². The number of hydrogen-bond acceptors (Lipinski definition) is 3. The van der Waals surface area contributed by atoms with Gasteiger partial charge in [0.05, 0.1) is 6.42 Å². The van der Waals surface area contributed by atoms with E-state index in [9.17, 15) is 9.59 Å². The number of benzene rings is 1. The summed E-state index contributed by atoms with van der Waals surface area (Å²) in [6.45, 7) is 3.46. The second-order valence-electron chi connectivity index (χ2n) is 3.95. The Morgan fingerprint density at radius 1 is 1.28 bits per heavy atom. The van der Waals surface area contributed by atoms with Crippen LogP contribution in [0.3, 0.4) is 0 Å². The first kappa shape index (κ1) is 14.2. The smallest absolute Gasteiger partial charge is 0.225 e. The van der Waals surface area contributed by atoms with Crippen LogP contribution in [0.15, 0.2) is 24.3 Å². The van der Waals surface area contributed by atoms with Crippen LogP contribution in [0.4, 0.5) is 5.69 Å². The first-order chi connectivity index (χ1) is 8.63. The molecule has 0 saturated carbocycles. The molecule has 0 radical (unpaired) electrons. The third kappa shape index (κ3) is 4.97. The van der Waals surface area contributed by atoms with E-state index in [1.54, 1.807) is 12.1 Å². The summed E-state index contributed by atoms with van der Waals surface area (Å²) in [4.78, 5) is 22.6. The van der Waals surface area contributed by atoms with Crippen molar-refractivity contribution in [2.24, 2.45) is 5.73 Å². The van der Waals surface area contributed by atoms with Crippen molar-refractivity contribution in [1.29, 1.82) is 0 Å². The number of anilines is 1. The van der Waals surface area contributed by atoms with Crippen LogP contribution in [0.2, 0.25) is 0 Å². The fourth-order valence-electron chi connectivity index (χ4n) is 1.58. The van der Waals surface area contributed by atoms with Crippen molar-refractivity contribution in [2.75, 3.05) is 18.4 Å². The molecule has 0 spiro atoms. The molecule has 1 rings (SSSR count). The second kappa shape index (κ2) is 7.45. The SMILES string of the molecule is CCNCCC(=O)Nc1ccccc1CC(N)=O. The van der Waals surface area contributed by atoms with Crippen molar-refractivity contribution >= 4 is 17.5 Å². The molecule has 4 N–H and O–H groups in total. The van der Waals surface area contributed by atoms with E-state index in [1.807, 2.05) is 19.1 Å². The highest BCUT2D eigenvalue weighted by Gasteiger charge is 2.07. The van der Waals surface area contributed by atoms with Crippen LogP contribution in [-0.4, -0.2) is 24.9 Å². The number of nitrogens with one attached hydrogen (secondary N) is 2. The lowest BCUT2D eigenvalue weighted by molar-refractivity contribution is -0.118. The highest BCUT2D eigenvalue weighted by molar-refractivity contribution is 5.92. The third-order valence-corrected chi connectivity index (χ3v) is 2.43. The van der Waals surface area contributed by atoms with Crippen LogP contribution < -0.4 is 16.4 Å². The van der Waals surface area contributed by atoms with Gasteiger partial charge in [-0.05, 0) is 18.2 Å². The summed E-state index contributed by atoms with van der Waals surface area (Å²) in [7, 11) is 0. The van der Waals surface area contributed by atoms with E-state index in [0.29, 0.717) is 18.7 Å². The van der Waals surface area contributed by atoms with Gasteiger partial charge in [-0.3, -0.25) is 9.59 Å². The second-order valence-corrected chi connectivity index (χ2v) is 3.95. The minimum atomic E-state index is -0.413. The zero-order chi connectivity index (χ0) is 13.4. The molecular weight excluding hydrogens is 230 g/mol. The van der Waals surface area contributed by atoms with Crippen LogP contribution in [-0.2, 0) is 16.0 Å². The Morgan fingerprint density at radius 2 is 2.00 bits per heavy atom. The molecule has 98 valence electrons. The van der Waals surface area contributed by atoms with Gasteiger partial charge in [-0.15, -0.1) is 0 Å². The van der Waals surface area contributed by atoms with Crippen LogP contribution in [0.1, 0.15) is 18.9 Å². The highest BCUT2D eigenvalue weighted by Crippen LogP contribution is 2.15. The van der Waals surface area contributed by atoms with Gasteiger partial charge in [-0.1, -0.05) is 25.1 Å². The quantitative estimate of drug-likeness (QED) is 0.620. The summed E-state index contributed by atoms with van der Waals surface area (Å²) in [5, 5.41) is 5.86. The lowest BCUT2D eigenvalue weighted by Gasteiger charge is -2.10. The van der Waals surface area contributed by atoms with E-state index < -0.39 is 5.91 Å².